The highest BCUT2D eigenvalue weighted by Gasteiger charge is 2.30. The summed E-state index contributed by atoms with van der Waals surface area (Å²) < 4.78 is 38.9. The number of ether oxygens (including phenoxy) is 7. The zero-order valence-electron chi connectivity index (χ0n) is 32.4. The van der Waals surface area contributed by atoms with Gasteiger partial charge in [-0.2, -0.15) is 0 Å². The maximum atomic E-state index is 14.6. The van der Waals surface area contributed by atoms with E-state index in [1.54, 1.807) is 49.8 Å². The number of anilines is 1. The van der Waals surface area contributed by atoms with Gasteiger partial charge < -0.3 is 38.1 Å². The zero-order valence-corrected chi connectivity index (χ0v) is 33.2. The van der Waals surface area contributed by atoms with Crippen molar-refractivity contribution >= 4 is 24.0 Å². The fourth-order valence-corrected chi connectivity index (χ4v) is 7.15. The van der Waals surface area contributed by atoms with Crippen molar-refractivity contribution in [2.45, 2.75) is 25.4 Å². The first-order valence-corrected chi connectivity index (χ1v) is 17.8. The maximum Gasteiger partial charge on any atom is 0.258 e. The minimum absolute atomic E-state index is 0. The van der Waals surface area contributed by atoms with Crippen molar-refractivity contribution in [2.75, 3.05) is 67.8 Å². The molecule has 290 valence electrons. The fraction of sp³-hybridized carbons (Fsp3) is 0.295. The summed E-state index contributed by atoms with van der Waals surface area (Å²) >= 11 is 0. The van der Waals surface area contributed by atoms with Gasteiger partial charge in [-0.1, -0.05) is 30.3 Å². The number of halogens is 1. The Morgan fingerprint density at radius 2 is 1.07 bits per heavy atom. The quantitative estimate of drug-likeness (QED) is 0.110. The number of methoxy groups -OCH3 is 7. The molecule has 10 nitrogen and oxygen atoms in total. The van der Waals surface area contributed by atoms with E-state index in [4.69, 9.17) is 33.2 Å². The van der Waals surface area contributed by atoms with Gasteiger partial charge in [-0.15, -0.1) is 12.4 Å². The summed E-state index contributed by atoms with van der Waals surface area (Å²) in [5.74, 6) is 4.07. The number of hydrogen-bond donors (Lipinski definition) is 0. The molecule has 6 rings (SSSR count). The van der Waals surface area contributed by atoms with Crippen LogP contribution >= 0.6 is 12.4 Å². The van der Waals surface area contributed by atoms with Crippen molar-refractivity contribution in [3.63, 3.8) is 0 Å². The van der Waals surface area contributed by atoms with Crippen molar-refractivity contribution in [1.82, 2.24) is 4.90 Å². The number of carbonyl (C=O) groups is 1. The molecule has 1 saturated heterocycles. The average Bonchev–Trinajstić information content (AvgIpc) is 3.23. The van der Waals surface area contributed by atoms with Crippen LogP contribution in [0.2, 0.25) is 0 Å². The Morgan fingerprint density at radius 3 is 1.55 bits per heavy atom. The second-order valence-electron chi connectivity index (χ2n) is 13.0. The van der Waals surface area contributed by atoms with Crippen LogP contribution in [0.3, 0.4) is 0 Å². The minimum atomic E-state index is -0.0639. The molecule has 0 radical (unpaired) electrons. The van der Waals surface area contributed by atoms with Gasteiger partial charge in [-0.3, -0.25) is 9.69 Å². The summed E-state index contributed by atoms with van der Waals surface area (Å²) in [6.07, 6.45) is 1.63. The lowest BCUT2D eigenvalue weighted by Gasteiger charge is -2.39. The molecule has 1 aliphatic heterocycles. The monoisotopic (exact) mass is 768 g/mol. The number of rotatable bonds is 14. The summed E-state index contributed by atoms with van der Waals surface area (Å²) in [6.45, 7) is 2.47. The topological polar surface area (TPSA) is 88.2 Å². The summed E-state index contributed by atoms with van der Waals surface area (Å²) in [5, 5.41) is 0. The van der Waals surface area contributed by atoms with Crippen LogP contribution in [0.25, 0.3) is 22.3 Å². The Kier molecular flexibility index (Phi) is 13.8. The van der Waals surface area contributed by atoms with Crippen molar-refractivity contribution in [3.05, 3.63) is 108 Å². The Labute approximate surface area is 329 Å². The first kappa shape index (κ1) is 40.6. The molecule has 0 N–H and O–H groups in total. The van der Waals surface area contributed by atoms with E-state index < -0.39 is 0 Å². The largest absolute Gasteiger partial charge is 0.497 e. The Balaban J connectivity index is 0.00000580. The zero-order chi connectivity index (χ0) is 38.2. The van der Waals surface area contributed by atoms with Gasteiger partial charge in [0.1, 0.15) is 5.75 Å². The van der Waals surface area contributed by atoms with Crippen LogP contribution in [0, 0.1) is 0 Å². The smallest absolute Gasteiger partial charge is 0.258 e. The van der Waals surface area contributed by atoms with Gasteiger partial charge in [-0.05, 0) is 107 Å². The van der Waals surface area contributed by atoms with Crippen LogP contribution < -0.4 is 38.1 Å². The standard InChI is InChI=1S/C44H48N2O8.ClH/c1-48-37-16-14-35(15-17-37)46(44(47)32-13-9-12-31(23-32)34-26-40(51-4)43(54-7)41(27-34)52-5)36-18-20-45(21-19-36)28-29-10-8-11-30(22-29)33-24-38(49-2)42(53-6)39(25-33)50-3;/h8-17,22-27,36H,18-21,28H2,1-7H3;1H. The molecular formula is C44H49ClN2O8. The Morgan fingerprint density at radius 1 is 0.582 bits per heavy atom. The first-order chi connectivity index (χ1) is 26.3. The molecule has 0 unspecified atom stereocenters. The lowest BCUT2D eigenvalue weighted by Crippen LogP contribution is -2.47. The van der Waals surface area contributed by atoms with Crippen LogP contribution in [0.5, 0.6) is 40.2 Å². The highest BCUT2D eigenvalue weighted by atomic mass is 35.5. The number of likely N-dealkylation sites (tertiary alicyclic amines) is 1. The van der Waals surface area contributed by atoms with E-state index >= 15 is 0 Å². The van der Waals surface area contributed by atoms with Gasteiger partial charge in [0.05, 0.1) is 49.8 Å². The molecule has 55 heavy (non-hydrogen) atoms. The van der Waals surface area contributed by atoms with Gasteiger partial charge >= 0.3 is 0 Å². The van der Waals surface area contributed by atoms with Gasteiger partial charge in [0.2, 0.25) is 11.5 Å². The minimum Gasteiger partial charge on any atom is -0.497 e. The first-order valence-electron chi connectivity index (χ1n) is 17.8. The predicted molar refractivity (Wildman–Crippen MR) is 218 cm³/mol. The number of amides is 1. The summed E-state index contributed by atoms with van der Waals surface area (Å²) in [4.78, 5) is 19.0. The molecule has 0 saturated carbocycles. The summed E-state index contributed by atoms with van der Waals surface area (Å²) in [6, 6.07) is 31.7. The Hall–Kier alpha value is -5.58. The van der Waals surface area contributed by atoms with Crippen molar-refractivity contribution in [1.29, 1.82) is 0 Å². The van der Waals surface area contributed by atoms with Crippen molar-refractivity contribution in [3.8, 4) is 62.5 Å². The molecule has 0 spiro atoms. The summed E-state index contributed by atoms with van der Waals surface area (Å²) in [7, 11) is 11.3. The fourth-order valence-electron chi connectivity index (χ4n) is 7.15. The number of carbonyl (C=O) groups excluding carboxylic acids is 1. The second kappa shape index (κ2) is 18.6. The van der Waals surface area contributed by atoms with Gasteiger partial charge in [-0.25, -0.2) is 0 Å². The second-order valence-corrected chi connectivity index (χ2v) is 13.0. The molecule has 0 aromatic heterocycles. The van der Waals surface area contributed by atoms with E-state index in [0.29, 0.717) is 40.1 Å². The van der Waals surface area contributed by atoms with Crippen LogP contribution in [0.15, 0.2) is 97.1 Å². The van der Waals surface area contributed by atoms with E-state index in [1.165, 1.54) is 5.56 Å². The molecule has 1 heterocycles. The summed E-state index contributed by atoms with van der Waals surface area (Å²) in [5.41, 5.74) is 6.36. The highest BCUT2D eigenvalue weighted by Crippen LogP contribution is 2.43. The van der Waals surface area contributed by atoms with E-state index in [-0.39, 0.29) is 24.4 Å². The van der Waals surface area contributed by atoms with Crippen molar-refractivity contribution in [2.24, 2.45) is 0 Å². The predicted octanol–water partition coefficient (Wildman–Crippen LogP) is 8.81. The van der Waals surface area contributed by atoms with Gasteiger partial charge in [0, 0.05) is 36.9 Å². The SMILES string of the molecule is COc1ccc(N(C(=O)c2cccc(-c3cc(OC)c(OC)c(OC)c3)c2)C2CCN(Cc3cccc(-c4cc(OC)c(OC)c(OC)c4)c3)CC2)cc1.Cl. The highest BCUT2D eigenvalue weighted by molar-refractivity contribution is 6.07. The molecule has 5 aromatic rings. The molecular weight excluding hydrogens is 720 g/mol. The number of benzene rings is 5. The third-order valence-corrected chi connectivity index (χ3v) is 9.93. The van der Waals surface area contributed by atoms with Crippen LogP contribution in [0.4, 0.5) is 5.69 Å². The molecule has 5 aromatic carbocycles. The molecule has 1 amide bonds. The van der Waals surface area contributed by atoms with E-state index in [9.17, 15) is 4.79 Å². The molecule has 1 aliphatic rings. The number of piperidine rings is 1. The normalized spacial score (nSPS) is 12.9. The number of hydrogen-bond acceptors (Lipinski definition) is 9. The van der Waals surface area contributed by atoms with E-state index in [1.807, 2.05) is 77.7 Å². The average molecular weight is 769 g/mol. The molecule has 0 bridgehead atoms. The third-order valence-electron chi connectivity index (χ3n) is 9.93. The van der Waals surface area contributed by atoms with Crippen LogP contribution in [-0.2, 0) is 6.54 Å². The van der Waals surface area contributed by atoms with E-state index in [0.717, 1.165) is 66.2 Å². The van der Waals surface area contributed by atoms with Crippen LogP contribution in [-0.4, -0.2) is 79.7 Å². The molecule has 11 heteroatoms. The molecule has 0 atom stereocenters. The molecule has 1 fully saturated rings. The number of nitrogens with zero attached hydrogens (tertiary/aromatic N) is 2. The maximum absolute atomic E-state index is 14.6. The van der Waals surface area contributed by atoms with Crippen LogP contribution in [0.1, 0.15) is 28.8 Å². The Bertz CT molecular complexity index is 2010. The lowest BCUT2D eigenvalue weighted by molar-refractivity contribution is 0.0958. The van der Waals surface area contributed by atoms with E-state index in [2.05, 4.69) is 29.2 Å². The third kappa shape index (κ3) is 8.88. The molecule has 0 aliphatic carbocycles. The van der Waals surface area contributed by atoms with Gasteiger partial charge in [0.15, 0.2) is 23.0 Å². The lowest BCUT2D eigenvalue weighted by atomic mass is 9.98. The van der Waals surface area contributed by atoms with Crippen molar-refractivity contribution < 1.29 is 38.0 Å². The van der Waals surface area contributed by atoms with Gasteiger partial charge in [0.25, 0.3) is 5.91 Å².